The fourth-order valence-electron chi connectivity index (χ4n) is 2.60. The summed E-state index contributed by atoms with van der Waals surface area (Å²) in [6.45, 7) is 3.99. The van der Waals surface area contributed by atoms with Crippen LogP contribution in [-0.4, -0.2) is 19.4 Å². The first-order valence-electron chi connectivity index (χ1n) is 7.75. The number of hydrogen-bond acceptors (Lipinski definition) is 5. The fourth-order valence-corrected chi connectivity index (χ4v) is 3.28. The Kier molecular flexibility index (Phi) is 4.01. The smallest absolute Gasteiger partial charge is 0.256 e. The molecule has 5 nitrogen and oxygen atoms in total. The summed E-state index contributed by atoms with van der Waals surface area (Å²) in [5.41, 5.74) is 3.75. The molecule has 126 valence electrons. The highest BCUT2D eigenvalue weighted by molar-refractivity contribution is 7.98. The molecule has 0 fully saturated rings. The SMILES string of the molecule is Cc1cc(C)n2cc(CSc3ncc(-c4ccc(F)cc4)o3)nc2n1. The van der Waals surface area contributed by atoms with Crippen molar-refractivity contribution in [1.29, 1.82) is 0 Å². The number of aromatic nitrogens is 4. The van der Waals surface area contributed by atoms with Gasteiger partial charge in [-0.25, -0.2) is 19.3 Å². The van der Waals surface area contributed by atoms with Gasteiger partial charge >= 0.3 is 0 Å². The van der Waals surface area contributed by atoms with Crippen LogP contribution >= 0.6 is 11.8 Å². The maximum Gasteiger partial charge on any atom is 0.256 e. The average molecular weight is 354 g/mol. The van der Waals surface area contributed by atoms with Gasteiger partial charge in [-0.2, -0.15) is 0 Å². The molecule has 0 N–H and O–H groups in total. The van der Waals surface area contributed by atoms with E-state index in [9.17, 15) is 4.39 Å². The number of imidazole rings is 1. The molecular formula is C18H15FN4OS. The molecule has 0 aliphatic heterocycles. The lowest BCUT2D eigenvalue weighted by atomic mass is 10.2. The van der Waals surface area contributed by atoms with Crippen molar-refractivity contribution < 1.29 is 8.81 Å². The maximum absolute atomic E-state index is 13.0. The highest BCUT2D eigenvalue weighted by Crippen LogP contribution is 2.27. The Morgan fingerprint density at radius 1 is 1.16 bits per heavy atom. The zero-order valence-electron chi connectivity index (χ0n) is 13.7. The average Bonchev–Trinajstić information content (AvgIpc) is 3.20. The van der Waals surface area contributed by atoms with Gasteiger partial charge in [0.2, 0.25) is 5.78 Å². The summed E-state index contributed by atoms with van der Waals surface area (Å²) in [6.07, 6.45) is 3.63. The lowest BCUT2D eigenvalue weighted by molar-refractivity contribution is 0.466. The molecular weight excluding hydrogens is 339 g/mol. The van der Waals surface area contributed by atoms with Gasteiger partial charge in [0.25, 0.3) is 5.22 Å². The van der Waals surface area contributed by atoms with E-state index in [2.05, 4.69) is 15.0 Å². The summed E-state index contributed by atoms with van der Waals surface area (Å²) in [5.74, 6) is 1.67. The number of nitrogens with zero attached hydrogens (tertiary/aromatic N) is 4. The molecule has 0 amide bonds. The van der Waals surface area contributed by atoms with Crippen molar-refractivity contribution in [3.8, 4) is 11.3 Å². The van der Waals surface area contributed by atoms with Gasteiger partial charge < -0.3 is 4.42 Å². The fraction of sp³-hybridized carbons (Fsp3) is 0.167. The molecule has 1 aromatic carbocycles. The molecule has 0 aliphatic rings. The van der Waals surface area contributed by atoms with Crippen LogP contribution in [0.5, 0.6) is 0 Å². The molecule has 0 unspecified atom stereocenters. The van der Waals surface area contributed by atoms with E-state index in [1.165, 1.54) is 23.9 Å². The maximum atomic E-state index is 13.0. The first-order chi connectivity index (χ1) is 12.1. The molecule has 0 saturated carbocycles. The van der Waals surface area contributed by atoms with E-state index in [-0.39, 0.29) is 5.82 Å². The summed E-state index contributed by atoms with van der Waals surface area (Å²) < 4.78 is 20.7. The lowest BCUT2D eigenvalue weighted by Gasteiger charge is -1.98. The number of benzene rings is 1. The Morgan fingerprint density at radius 2 is 1.96 bits per heavy atom. The highest BCUT2D eigenvalue weighted by atomic mass is 32.2. The van der Waals surface area contributed by atoms with Crippen molar-refractivity contribution in [2.45, 2.75) is 24.8 Å². The predicted octanol–water partition coefficient (Wildman–Crippen LogP) is 4.43. The second-order valence-electron chi connectivity index (χ2n) is 5.73. The second kappa shape index (κ2) is 6.33. The number of aryl methyl sites for hydroxylation is 2. The third kappa shape index (κ3) is 3.28. The number of halogens is 1. The normalized spacial score (nSPS) is 11.3. The molecule has 4 rings (SSSR count). The van der Waals surface area contributed by atoms with E-state index in [1.54, 1.807) is 18.3 Å². The van der Waals surface area contributed by atoms with Gasteiger partial charge in [0.05, 0.1) is 11.9 Å². The van der Waals surface area contributed by atoms with Crippen LogP contribution in [0.25, 0.3) is 17.1 Å². The van der Waals surface area contributed by atoms with Gasteiger partial charge in [0.1, 0.15) is 5.82 Å². The molecule has 7 heteroatoms. The number of fused-ring (bicyclic) bond motifs is 1. The van der Waals surface area contributed by atoms with E-state index >= 15 is 0 Å². The minimum absolute atomic E-state index is 0.274. The molecule has 25 heavy (non-hydrogen) atoms. The van der Waals surface area contributed by atoms with Gasteiger partial charge in [-0.3, -0.25) is 4.40 Å². The Bertz CT molecular complexity index is 1040. The number of thioether (sulfide) groups is 1. The van der Waals surface area contributed by atoms with Crippen molar-refractivity contribution in [1.82, 2.24) is 19.4 Å². The number of oxazole rings is 1. The van der Waals surface area contributed by atoms with Gasteiger partial charge in [-0.05, 0) is 44.2 Å². The Morgan fingerprint density at radius 3 is 2.76 bits per heavy atom. The first kappa shape index (κ1) is 15.8. The van der Waals surface area contributed by atoms with Crippen molar-refractivity contribution in [2.24, 2.45) is 0 Å². The van der Waals surface area contributed by atoms with E-state index in [0.29, 0.717) is 22.5 Å². The molecule has 4 aromatic rings. The molecule has 0 saturated heterocycles. The number of hydrogen-bond donors (Lipinski definition) is 0. The zero-order valence-corrected chi connectivity index (χ0v) is 14.5. The first-order valence-corrected chi connectivity index (χ1v) is 8.74. The minimum atomic E-state index is -0.274. The van der Waals surface area contributed by atoms with E-state index in [0.717, 1.165) is 22.6 Å². The molecule has 0 atom stereocenters. The van der Waals surface area contributed by atoms with Crippen LogP contribution < -0.4 is 0 Å². The molecule has 0 spiro atoms. The van der Waals surface area contributed by atoms with Crippen molar-refractivity contribution in [3.63, 3.8) is 0 Å². The summed E-state index contributed by atoms with van der Waals surface area (Å²) in [4.78, 5) is 13.2. The van der Waals surface area contributed by atoms with Crippen molar-refractivity contribution in [3.05, 3.63) is 65.6 Å². The van der Waals surface area contributed by atoms with Crippen LogP contribution in [0.4, 0.5) is 4.39 Å². The predicted molar refractivity (Wildman–Crippen MR) is 93.9 cm³/mol. The summed E-state index contributed by atoms with van der Waals surface area (Å²) in [7, 11) is 0. The minimum Gasteiger partial charge on any atom is -0.431 e. The standard InChI is InChI=1S/C18H15FN4OS/c1-11-7-12(2)23-9-15(22-17(23)21-11)10-25-18-20-8-16(24-18)13-3-5-14(19)6-4-13/h3-9H,10H2,1-2H3. The molecule has 3 aromatic heterocycles. The third-order valence-corrected chi connectivity index (χ3v) is 4.64. The summed E-state index contributed by atoms with van der Waals surface area (Å²) >= 11 is 1.46. The monoisotopic (exact) mass is 354 g/mol. The number of rotatable bonds is 4. The van der Waals surface area contributed by atoms with Gasteiger partial charge in [-0.1, -0.05) is 11.8 Å². The lowest BCUT2D eigenvalue weighted by Crippen LogP contribution is -1.94. The van der Waals surface area contributed by atoms with Gasteiger partial charge in [0.15, 0.2) is 5.76 Å². The molecule has 0 radical (unpaired) electrons. The van der Waals surface area contributed by atoms with Crippen LogP contribution in [0.2, 0.25) is 0 Å². The van der Waals surface area contributed by atoms with Crippen LogP contribution in [0.3, 0.4) is 0 Å². The second-order valence-corrected chi connectivity index (χ2v) is 6.65. The Balaban J connectivity index is 1.50. The van der Waals surface area contributed by atoms with Crippen LogP contribution in [0, 0.1) is 19.7 Å². The van der Waals surface area contributed by atoms with Crippen LogP contribution in [0.1, 0.15) is 17.1 Å². The Labute approximate surface area is 148 Å². The topological polar surface area (TPSA) is 56.2 Å². The molecule has 3 heterocycles. The van der Waals surface area contributed by atoms with E-state index in [4.69, 9.17) is 4.42 Å². The van der Waals surface area contributed by atoms with Crippen LogP contribution in [0.15, 0.2) is 52.4 Å². The van der Waals surface area contributed by atoms with Gasteiger partial charge in [0, 0.05) is 28.9 Å². The van der Waals surface area contributed by atoms with Crippen molar-refractivity contribution in [2.75, 3.05) is 0 Å². The van der Waals surface area contributed by atoms with E-state index < -0.39 is 0 Å². The summed E-state index contributed by atoms with van der Waals surface area (Å²) in [5, 5.41) is 0.553. The van der Waals surface area contributed by atoms with Gasteiger partial charge in [-0.15, -0.1) is 0 Å². The molecule has 0 aliphatic carbocycles. The van der Waals surface area contributed by atoms with Crippen LogP contribution in [-0.2, 0) is 5.75 Å². The Hall–Kier alpha value is -2.67. The van der Waals surface area contributed by atoms with Crippen molar-refractivity contribution >= 4 is 17.5 Å². The third-order valence-electron chi connectivity index (χ3n) is 3.77. The quantitative estimate of drug-likeness (QED) is 0.507. The summed E-state index contributed by atoms with van der Waals surface area (Å²) in [6, 6.07) is 8.17. The zero-order chi connectivity index (χ0) is 17.4. The largest absolute Gasteiger partial charge is 0.431 e. The molecule has 0 bridgehead atoms. The highest BCUT2D eigenvalue weighted by Gasteiger charge is 2.10. The van der Waals surface area contributed by atoms with E-state index in [1.807, 2.05) is 30.5 Å².